The maximum absolute atomic E-state index is 13.7. The monoisotopic (exact) mass is 1770 g/mol. The van der Waals surface area contributed by atoms with Crippen molar-refractivity contribution in [1.82, 2.24) is 36.6 Å². The lowest BCUT2D eigenvalue weighted by molar-refractivity contribution is -0.138. The zero-order valence-electron chi connectivity index (χ0n) is 67.2. The van der Waals surface area contributed by atoms with Crippen molar-refractivity contribution >= 4 is 129 Å². The number of anilines is 2. The van der Waals surface area contributed by atoms with Gasteiger partial charge in [0.25, 0.3) is 43.0 Å². The molecule has 0 bridgehead atoms. The van der Waals surface area contributed by atoms with E-state index in [0.717, 1.165) is 67.2 Å². The first-order valence-corrected chi connectivity index (χ1v) is 43.3. The van der Waals surface area contributed by atoms with Gasteiger partial charge in [-0.1, -0.05) is 74.5 Å². The summed E-state index contributed by atoms with van der Waals surface area (Å²) in [6.07, 6.45) is 0.319. The van der Waals surface area contributed by atoms with Gasteiger partial charge in [-0.2, -0.15) is 22.6 Å². The Balaban J connectivity index is 0.000000136. The number of pyridine rings is 1. The van der Waals surface area contributed by atoms with Crippen molar-refractivity contribution in [2.24, 2.45) is 0 Å². The molecule has 0 radical (unpaired) electrons. The molecule has 0 saturated heterocycles. The van der Waals surface area contributed by atoms with E-state index < -0.39 is 72.8 Å². The summed E-state index contributed by atoms with van der Waals surface area (Å²) in [4.78, 5) is 88.5. The molecule has 32 nitrogen and oxygen atoms in total. The smallest absolute Gasteiger partial charge is 0.342 e. The number of benzene rings is 9. The van der Waals surface area contributed by atoms with Gasteiger partial charge in [-0.3, -0.25) is 28.7 Å². The molecule has 3 aliphatic heterocycles. The fraction of sp³-hybridized carbons (Fsp3) is 0.195. The van der Waals surface area contributed by atoms with Gasteiger partial charge in [-0.05, 0) is 200 Å². The number of aryl methyl sites for hydroxylation is 3. The van der Waals surface area contributed by atoms with Crippen molar-refractivity contribution < 1.29 is 93.7 Å². The van der Waals surface area contributed by atoms with Gasteiger partial charge in [0.1, 0.15) is 48.9 Å². The van der Waals surface area contributed by atoms with Crippen molar-refractivity contribution in [1.29, 1.82) is 0 Å². The lowest BCUT2D eigenvalue weighted by Gasteiger charge is -2.20. The SMILES string of the molecule is CCOc1ccc2c(c1)c(-c1ccc3c(c1)OCO3)c(C(=O)O)c(=O)n2Cc1ccccc1OC.COC(=O)c1ccc(CC(C(=O)O)c2ccc3nsnc3c2)cc1.Cc1cc(C)c(=O)n(C(C(=O)NS(=O)(=O)c2ccc(C(C)C)cc2)c2ccc3c(c2)OCO3)n1.Cc1cc2c(cc1NC(=O)c1sccc1S(=O)(=O)Nc1ccc3nsnc3c1)OCO2. The molecule has 5 aromatic heterocycles. The highest BCUT2D eigenvalue weighted by atomic mass is 32.2. The summed E-state index contributed by atoms with van der Waals surface area (Å²) in [5.41, 5.74) is 9.15. The highest BCUT2D eigenvalue weighted by Crippen LogP contribution is 2.42. The second-order valence-corrected chi connectivity index (χ2v) is 33.6. The Labute approximate surface area is 719 Å². The highest BCUT2D eigenvalue weighted by molar-refractivity contribution is 7.93. The number of sulfonamides is 2. The number of nitrogens with zero attached hydrogens (tertiary/aromatic N) is 7. The molecular weight excluding hydrogens is 1700 g/mol. The number of hydrogen-bond donors (Lipinski definition) is 5. The standard InChI is InChI=1S/C27H23NO7.C24H25N3O6S.C19H14N4O5S3.C17H14N2O4S/c1-3-33-18-9-10-20-19(13-18)24(16-8-11-22-23(12-16)35-15-34-22)25(27(30)31)26(29)28(20)14-17-6-4-5-7-21(17)32-2;1-14(2)17-5-8-19(9-6-17)34(30,31)26-23(28)22(27-24(29)15(3)11-16(4)25-27)18-7-10-20-21(12-18)33-13-32-20;1-10-6-15-16(28-9-27-15)8-13(10)20-19(24)18-17(4-5-29-18)31(25,26)23-11-2-3-12-14(7-11)22-30-21-12;1-23-17(22)11-4-2-10(3-5-11)8-13(16(20)21)12-6-7-14-15(9-12)19-24-18-14/h4-13H,3,14-15H2,1-2H3,(H,30,31);5-12,14,22H,13H2,1-4H3,(H,26,28);2-8,23H,9H2,1H3,(H,20,24);2-7,9,13H,8H2,1H3,(H,20,21). The van der Waals surface area contributed by atoms with E-state index in [1.54, 1.807) is 178 Å². The maximum Gasteiger partial charge on any atom is 0.342 e. The van der Waals surface area contributed by atoms with Gasteiger partial charge in [0.2, 0.25) is 20.4 Å². The number of methoxy groups -OCH3 is 2. The minimum atomic E-state index is -4.21. The number of aliphatic carboxylic acids is 1. The molecule has 5 N–H and O–H groups in total. The number of thiophene rings is 1. The maximum atomic E-state index is 13.7. The summed E-state index contributed by atoms with van der Waals surface area (Å²) in [5, 5.41) is 28.9. The molecule has 9 aromatic carbocycles. The van der Waals surface area contributed by atoms with Gasteiger partial charge < -0.3 is 62.7 Å². The van der Waals surface area contributed by atoms with Crippen LogP contribution in [0.1, 0.15) is 114 Å². The number of carboxylic acids is 2. The molecule has 2 amide bonds. The van der Waals surface area contributed by atoms with E-state index in [1.807, 2.05) is 45.9 Å². The Morgan fingerprint density at radius 1 is 0.605 bits per heavy atom. The van der Waals surface area contributed by atoms with Crippen LogP contribution in [0.2, 0.25) is 0 Å². The summed E-state index contributed by atoms with van der Waals surface area (Å²) < 4.78 is 124. The Hall–Kier alpha value is -14.1. The summed E-state index contributed by atoms with van der Waals surface area (Å²) >= 11 is 3.19. The first-order chi connectivity index (χ1) is 59.6. The molecule has 0 saturated carbocycles. The molecule has 2 unspecified atom stereocenters. The Kier molecular flexibility index (Phi) is 25.8. The van der Waals surface area contributed by atoms with Crippen LogP contribution in [0.15, 0.2) is 213 Å². The van der Waals surface area contributed by atoms with E-state index >= 15 is 0 Å². The third-order valence-corrected chi connectivity index (χ3v) is 24.8. The Morgan fingerprint density at radius 3 is 1.89 bits per heavy atom. The predicted molar refractivity (Wildman–Crippen MR) is 462 cm³/mol. The molecule has 124 heavy (non-hydrogen) atoms. The Bertz CT molecular complexity index is 6850. The van der Waals surface area contributed by atoms with E-state index in [0.29, 0.717) is 137 Å². The van der Waals surface area contributed by atoms with Crippen molar-refractivity contribution in [2.45, 2.75) is 82.2 Å². The molecule has 0 spiro atoms. The fourth-order valence-corrected chi connectivity index (χ4v) is 18.1. The molecule has 0 fully saturated rings. The summed E-state index contributed by atoms with van der Waals surface area (Å²) in [6, 6.07) is 50.8. The average molecular weight is 1770 g/mol. The molecule has 14 aromatic rings. The third kappa shape index (κ3) is 19.0. The van der Waals surface area contributed by atoms with Crippen molar-refractivity contribution in [3.05, 3.63) is 275 Å². The van der Waals surface area contributed by atoms with Gasteiger partial charge >= 0.3 is 17.9 Å². The van der Waals surface area contributed by atoms with Gasteiger partial charge in [-0.25, -0.2) is 35.8 Å². The van der Waals surface area contributed by atoms with Crippen LogP contribution in [0, 0.1) is 20.8 Å². The number of fused-ring (bicyclic) bond motifs is 6. The fourth-order valence-electron chi connectivity index (χ4n) is 13.7. The van der Waals surface area contributed by atoms with E-state index in [1.165, 1.54) is 29.9 Å². The highest BCUT2D eigenvalue weighted by Gasteiger charge is 2.34. The van der Waals surface area contributed by atoms with Gasteiger partial charge in [0.15, 0.2) is 40.5 Å². The minimum Gasteiger partial charge on any atom is -0.496 e. The number of aromatic carboxylic acids is 1. The molecule has 2 atom stereocenters. The second kappa shape index (κ2) is 37.1. The number of ether oxygens (including phenoxy) is 9. The zero-order valence-corrected chi connectivity index (χ0v) is 71.3. The van der Waals surface area contributed by atoms with E-state index in [9.17, 15) is 60.6 Å². The van der Waals surface area contributed by atoms with Gasteiger partial charge in [0, 0.05) is 33.8 Å². The number of esters is 1. The lowest BCUT2D eigenvalue weighted by atomic mass is 9.91. The first kappa shape index (κ1) is 86.2. The molecule has 3 aliphatic rings. The van der Waals surface area contributed by atoms with Crippen molar-refractivity contribution in [3.8, 4) is 57.1 Å². The molecule has 17 rings (SSSR count). The van der Waals surface area contributed by atoms with E-state index in [2.05, 4.69) is 42.1 Å². The number of amides is 2. The lowest BCUT2D eigenvalue weighted by Crippen LogP contribution is -2.42. The van der Waals surface area contributed by atoms with E-state index in [-0.39, 0.29) is 53.1 Å². The molecule has 0 aliphatic carbocycles. The topological polar surface area (TPSA) is 422 Å². The number of para-hydroxylation sites is 1. The van der Waals surface area contributed by atoms with Gasteiger partial charge in [-0.15, -0.1) is 11.3 Å². The summed E-state index contributed by atoms with van der Waals surface area (Å²) in [6.45, 7) is 11.8. The average Bonchev–Trinajstić information content (AvgIpc) is 0.804. The number of carbonyl (C=O) groups is 5. The van der Waals surface area contributed by atoms with Crippen molar-refractivity contribution in [3.63, 3.8) is 0 Å². The van der Waals surface area contributed by atoms with Crippen LogP contribution in [0.5, 0.6) is 46.0 Å². The van der Waals surface area contributed by atoms with Gasteiger partial charge in [0.05, 0.1) is 84.1 Å². The first-order valence-electron chi connectivity index (χ1n) is 38.0. The number of hydrogen-bond acceptors (Lipinski definition) is 28. The van der Waals surface area contributed by atoms with Crippen LogP contribution >= 0.6 is 34.8 Å². The molecular formula is C87H76N10O22S5. The largest absolute Gasteiger partial charge is 0.496 e. The predicted octanol–water partition coefficient (Wildman–Crippen LogP) is 14.1. The van der Waals surface area contributed by atoms with Crippen LogP contribution < -0.4 is 63.8 Å². The molecule has 636 valence electrons. The Morgan fingerprint density at radius 2 is 1.23 bits per heavy atom. The van der Waals surface area contributed by atoms with Crippen LogP contribution in [0.3, 0.4) is 0 Å². The quantitative estimate of drug-likeness (QED) is 0.0371. The number of carbonyl (C=O) groups excluding carboxylic acids is 3. The number of nitrogens with one attached hydrogen (secondary N) is 3. The normalized spacial score (nSPS) is 12.7. The minimum absolute atomic E-state index is 0.0259. The number of aromatic nitrogens is 7. The molecule has 37 heteroatoms. The van der Waals surface area contributed by atoms with Crippen LogP contribution in [0.25, 0.3) is 44.1 Å². The number of rotatable bonds is 23. The van der Waals surface area contributed by atoms with Crippen molar-refractivity contribution in [2.75, 3.05) is 51.2 Å². The zero-order chi connectivity index (χ0) is 87.8. The third-order valence-electron chi connectivity index (χ3n) is 19.9. The molecule has 8 heterocycles. The van der Waals surface area contributed by atoms with Crippen LogP contribution in [-0.2, 0) is 47.3 Å². The summed E-state index contributed by atoms with van der Waals surface area (Å²) in [7, 11) is -5.33. The summed E-state index contributed by atoms with van der Waals surface area (Å²) in [5.74, 6) is -0.336. The van der Waals surface area contributed by atoms with E-state index in [4.69, 9.17) is 37.9 Å². The second-order valence-electron chi connectivity index (χ2n) is 28.3. The van der Waals surface area contributed by atoms with Crippen LogP contribution in [0.4, 0.5) is 11.4 Å². The number of carboxylic acid groups (broad SMARTS) is 2. The van der Waals surface area contributed by atoms with Crippen LogP contribution in [-0.4, -0.2) is 130 Å².